The van der Waals surface area contributed by atoms with Crippen LogP contribution < -0.4 is 5.32 Å². The molecule has 2 aromatic heterocycles. The van der Waals surface area contributed by atoms with Gasteiger partial charge in [-0.25, -0.2) is 4.79 Å². The van der Waals surface area contributed by atoms with Crippen LogP contribution in [0.15, 0.2) is 34.9 Å². The number of carbonyl (C=O) groups excluding carboxylic acids is 3. The van der Waals surface area contributed by atoms with Gasteiger partial charge in [-0.1, -0.05) is 35.5 Å². The van der Waals surface area contributed by atoms with Crippen LogP contribution in [0, 0.1) is 13.8 Å². The molecule has 0 aliphatic carbocycles. The molecule has 0 atom stereocenters. The number of hydrogen-bond donors (Lipinski definition) is 1. The van der Waals surface area contributed by atoms with Crippen LogP contribution in [-0.2, 0) is 4.74 Å². The van der Waals surface area contributed by atoms with E-state index < -0.39 is 11.9 Å². The van der Waals surface area contributed by atoms with Crippen molar-refractivity contribution < 1.29 is 23.6 Å². The summed E-state index contributed by atoms with van der Waals surface area (Å²) < 4.78 is 10.1. The number of ether oxygens (including phenoxy) is 1. The van der Waals surface area contributed by atoms with Gasteiger partial charge in [-0.05, 0) is 19.4 Å². The average molecular weight is 427 g/mol. The summed E-state index contributed by atoms with van der Waals surface area (Å²) in [6, 6.07) is 9.15. The second-order valence-electron chi connectivity index (χ2n) is 6.73. The Morgan fingerprint density at radius 3 is 2.37 bits per heavy atom. The first-order chi connectivity index (χ1) is 14.3. The Morgan fingerprint density at radius 2 is 1.77 bits per heavy atom. The molecule has 156 valence electrons. The van der Waals surface area contributed by atoms with Crippen molar-refractivity contribution in [1.29, 1.82) is 0 Å². The molecule has 2 amide bonds. The lowest BCUT2D eigenvalue weighted by Gasteiger charge is -2.08. The molecule has 3 rings (SSSR count). The van der Waals surface area contributed by atoms with Crippen molar-refractivity contribution in [2.24, 2.45) is 0 Å². The van der Waals surface area contributed by atoms with E-state index in [1.165, 1.54) is 12.0 Å². The van der Waals surface area contributed by atoms with Gasteiger partial charge in [-0.3, -0.25) is 9.59 Å². The Bertz CT molecular complexity index is 1120. The Labute approximate surface area is 177 Å². The van der Waals surface area contributed by atoms with E-state index in [1.54, 1.807) is 27.9 Å². The number of carbonyl (C=O) groups is 3. The summed E-state index contributed by atoms with van der Waals surface area (Å²) in [4.78, 5) is 39.7. The summed E-state index contributed by atoms with van der Waals surface area (Å²) >= 11 is 1.02. The molecular weight excluding hydrogens is 406 g/mol. The Morgan fingerprint density at radius 1 is 1.10 bits per heavy atom. The zero-order chi connectivity index (χ0) is 22.0. The standard InChI is InChI=1S/C21H21N3O5S/c1-11-14(21(27)28-5)19(30-17(11)20(26)24(3)4)22-18(25)15-12(2)29-23-16(15)13-9-7-6-8-10-13/h6-10H,1-5H3,(H,22,25). The van der Waals surface area contributed by atoms with Gasteiger partial charge in [0.2, 0.25) is 0 Å². The number of aryl methyl sites for hydroxylation is 1. The van der Waals surface area contributed by atoms with E-state index >= 15 is 0 Å². The molecule has 0 spiro atoms. The summed E-state index contributed by atoms with van der Waals surface area (Å²) in [6.45, 7) is 3.28. The van der Waals surface area contributed by atoms with Crippen molar-refractivity contribution in [3.05, 3.63) is 57.7 Å². The highest BCUT2D eigenvalue weighted by molar-refractivity contribution is 7.18. The Hall–Kier alpha value is -3.46. The number of nitrogens with zero attached hydrogens (tertiary/aromatic N) is 2. The lowest BCUT2D eigenvalue weighted by molar-refractivity contribution is 0.0601. The van der Waals surface area contributed by atoms with E-state index in [0.29, 0.717) is 21.9 Å². The van der Waals surface area contributed by atoms with Crippen LogP contribution >= 0.6 is 11.3 Å². The third kappa shape index (κ3) is 3.84. The fourth-order valence-electron chi connectivity index (χ4n) is 2.95. The van der Waals surface area contributed by atoms with Crippen molar-refractivity contribution in [2.45, 2.75) is 13.8 Å². The minimum Gasteiger partial charge on any atom is -0.465 e. The average Bonchev–Trinajstić information content (AvgIpc) is 3.27. The third-order valence-electron chi connectivity index (χ3n) is 4.50. The van der Waals surface area contributed by atoms with E-state index in [9.17, 15) is 14.4 Å². The summed E-state index contributed by atoms with van der Waals surface area (Å²) in [5, 5.41) is 6.98. The Balaban J connectivity index is 2.04. The van der Waals surface area contributed by atoms with Gasteiger partial charge in [0.25, 0.3) is 11.8 Å². The van der Waals surface area contributed by atoms with Crippen LogP contribution in [0.2, 0.25) is 0 Å². The van der Waals surface area contributed by atoms with Crippen LogP contribution in [0.5, 0.6) is 0 Å². The highest BCUT2D eigenvalue weighted by Crippen LogP contribution is 2.35. The van der Waals surface area contributed by atoms with Gasteiger partial charge in [0.1, 0.15) is 22.0 Å². The van der Waals surface area contributed by atoms with Gasteiger partial charge < -0.3 is 19.5 Å². The van der Waals surface area contributed by atoms with Crippen molar-refractivity contribution in [1.82, 2.24) is 10.1 Å². The molecule has 0 saturated heterocycles. The first kappa shape index (κ1) is 21.3. The topological polar surface area (TPSA) is 102 Å². The summed E-state index contributed by atoms with van der Waals surface area (Å²) in [5.74, 6) is -1.07. The van der Waals surface area contributed by atoms with E-state index in [0.717, 1.165) is 16.9 Å². The van der Waals surface area contributed by atoms with Crippen LogP contribution in [0.1, 0.15) is 41.7 Å². The van der Waals surface area contributed by atoms with E-state index in [4.69, 9.17) is 9.26 Å². The first-order valence-electron chi connectivity index (χ1n) is 9.02. The predicted molar refractivity (Wildman–Crippen MR) is 113 cm³/mol. The summed E-state index contributed by atoms with van der Waals surface area (Å²) in [7, 11) is 4.48. The van der Waals surface area contributed by atoms with Crippen LogP contribution in [0.25, 0.3) is 11.3 Å². The van der Waals surface area contributed by atoms with Gasteiger partial charge >= 0.3 is 5.97 Å². The number of rotatable bonds is 5. The molecular formula is C21H21N3O5S. The summed E-state index contributed by atoms with van der Waals surface area (Å²) in [5.41, 5.74) is 1.97. The maximum absolute atomic E-state index is 13.1. The SMILES string of the molecule is COC(=O)c1c(NC(=O)c2c(-c3ccccc3)noc2C)sc(C(=O)N(C)C)c1C. The lowest BCUT2D eigenvalue weighted by Crippen LogP contribution is -2.21. The molecule has 0 unspecified atom stereocenters. The Kier molecular flexibility index (Phi) is 6.02. The van der Waals surface area contributed by atoms with E-state index in [1.807, 2.05) is 30.3 Å². The zero-order valence-electron chi connectivity index (χ0n) is 17.2. The number of esters is 1. The predicted octanol–water partition coefficient (Wildman–Crippen LogP) is 3.76. The number of thiophene rings is 1. The monoisotopic (exact) mass is 427 g/mol. The van der Waals surface area contributed by atoms with Gasteiger partial charge in [0.15, 0.2) is 0 Å². The van der Waals surface area contributed by atoms with Gasteiger partial charge in [-0.15, -0.1) is 11.3 Å². The maximum Gasteiger partial charge on any atom is 0.341 e. The minimum absolute atomic E-state index is 0.149. The molecule has 8 nitrogen and oxygen atoms in total. The number of amides is 2. The fraction of sp³-hybridized carbons (Fsp3) is 0.238. The number of benzene rings is 1. The molecule has 0 bridgehead atoms. The highest BCUT2D eigenvalue weighted by atomic mass is 32.1. The number of hydrogen-bond acceptors (Lipinski definition) is 7. The lowest BCUT2D eigenvalue weighted by atomic mass is 10.1. The third-order valence-corrected chi connectivity index (χ3v) is 5.70. The van der Waals surface area contributed by atoms with Gasteiger partial charge in [0, 0.05) is 19.7 Å². The van der Waals surface area contributed by atoms with Crippen molar-refractivity contribution >= 4 is 34.1 Å². The molecule has 0 radical (unpaired) electrons. The maximum atomic E-state index is 13.1. The minimum atomic E-state index is -0.637. The van der Waals surface area contributed by atoms with Gasteiger partial charge in [-0.2, -0.15) is 0 Å². The number of anilines is 1. The molecule has 0 saturated carbocycles. The zero-order valence-corrected chi connectivity index (χ0v) is 18.0. The molecule has 0 aliphatic heterocycles. The second-order valence-corrected chi connectivity index (χ2v) is 7.75. The molecule has 1 aromatic carbocycles. The number of methoxy groups -OCH3 is 1. The van der Waals surface area contributed by atoms with Gasteiger partial charge in [0.05, 0.1) is 17.6 Å². The summed E-state index contributed by atoms with van der Waals surface area (Å²) in [6.07, 6.45) is 0. The van der Waals surface area contributed by atoms with Crippen molar-refractivity contribution in [3.8, 4) is 11.3 Å². The molecule has 0 aliphatic rings. The molecule has 30 heavy (non-hydrogen) atoms. The number of aromatic nitrogens is 1. The van der Waals surface area contributed by atoms with Crippen molar-refractivity contribution in [3.63, 3.8) is 0 Å². The van der Waals surface area contributed by atoms with Crippen LogP contribution in [-0.4, -0.2) is 49.0 Å². The van der Waals surface area contributed by atoms with E-state index in [2.05, 4.69) is 10.5 Å². The molecule has 2 heterocycles. The smallest absolute Gasteiger partial charge is 0.341 e. The molecule has 9 heteroatoms. The second kappa shape index (κ2) is 8.50. The van der Waals surface area contributed by atoms with Crippen molar-refractivity contribution in [2.75, 3.05) is 26.5 Å². The molecule has 0 fully saturated rings. The van der Waals surface area contributed by atoms with Crippen LogP contribution in [0.4, 0.5) is 5.00 Å². The largest absolute Gasteiger partial charge is 0.465 e. The normalized spacial score (nSPS) is 10.6. The fourth-order valence-corrected chi connectivity index (χ4v) is 4.17. The van der Waals surface area contributed by atoms with E-state index in [-0.39, 0.29) is 22.0 Å². The van der Waals surface area contributed by atoms with Crippen LogP contribution in [0.3, 0.4) is 0 Å². The number of nitrogens with one attached hydrogen (secondary N) is 1. The first-order valence-corrected chi connectivity index (χ1v) is 9.84. The quantitative estimate of drug-likeness (QED) is 0.622. The molecule has 1 N–H and O–H groups in total. The highest BCUT2D eigenvalue weighted by Gasteiger charge is 2.29. The molecule has 3 aromatic rings.